The standard InChI is InChI=1S/C12H14N2/c1-9-3-10(2)5-11(4-9)6-12-7-13-14-8-12/h3-5,7-8H,6H2,1-2H3,(H,13,14). The van der Waals surface area contributed by atoms with Crippen molar-refractivity contribution in [3.8, 4) is 0 Å². The number of rotatable bonds is 2. The van der Waals surface area contributed by atoms with Gasteiger partial charge in [-0.3, -0.25) is 5.10 Å². The summed E-state index contributed by atoms with van der Waals surface area (Å²) in [5, 5.41) is 6.77. The zero-order valence-corrected chi connectivity index (χ0v) is 8.54. The van der Waals surface area contributed by atoms with Gasteiger partial charge in [0.2, 0.25) is 0 Å². The van der Waals surface area contributed by atoms with Gasteiger partial charge in [0.15, 0.2) is 0 Å². The van der Waals surface area contributed by atoms with Crippen LogP contribution in [0.2, 0.25) is 0 Å². The summed E-state index contributed by atoms with van der Waals surface area (Å²) in [5.41, 5.74) is 5.23. The molecule has 0 saturated heterocycles. The van der Waals surface area contributed by atoms with E-state index in [2.05, 4.69) is 42.2 Å². The van der Waals surface area contributed by atoms with Gasteiger partial charge in [0.1, 0.15) is 0 Å². The van der Waals surface area contributed by atoms with E-state index in [0.717, 1.165) is 6.42 Å². The Morgan fingerprint density at radius 2 is 1.79 bits per heavy atom. The van der Waals surface area contributed by atoms with Crippen LogP contribution in [0.25, 0.3) is 0 Å². The zero-order valence-electron chi connectivity index (χ0n) is 8.54. The molecule has 14 heavy (non-hydrogen) atoms. The predicted molar refractivity (Wildman–Crippen MR) is 57.3 cm³/mol. The summed E-state index contributed by atoms with van der Waals surface area (Å²) in [6.45, 7) is 4.26. The van der Waals surface area contributed by atoms with E-state index >= 15 is 0 Å². The summed E-state index contributed by atoms with van der Waals surface area (Å²) in [6, 6.07) is 6.64. The highest BCUT2D eigenvalue weighted by Crippen LogP contribution is 2.12. The van der Waals surface area contributed by atoms with Crippen LogP contribution in [0.15, 0.2) is 30.6 Å². The fourth-order valence-electron chi connectivity index (χ4n) is 1.78. The maximum Gasteiger partial charge on any atom is 0.0522 e. The van der Waals surface area contributed by atoms with Crippen LogP contribution in [0.3, 0.4) is 0 Å². The number of nitrogens with one attached hydrogen (secondary N) is 1. The minimum Gasteiger partial charge on any atom is -0.285 e. The first-order chi connectivity index (χ1) is 6.74. The fraction of sp³-hybridized carbons (Fsp3) is 0.250. The van der Waals surface area contributed by atoms with Crippen LogP contribution in [0, 0.1) is 13.8 Å². The molecule has 0 aliphatic carbocycles. The molecule has 1 N–H and O–H groups in total. The molecule has 1 aromatic heterocycles. The lowest BCUT2D eigenvalue weighted by atomic mass is 10.0. The molecule has 0 amide bonds. The van der Waals surface area contributed by atoms with Crippen molar-refractivity contribution in [1.82, 2.24) is 10.2 Å². The van der Waals surface area contributed by atoms with Gasteiger partial charge in [-0.1, -0.05) is 29.3 Å². The van der Waals surface area contributed by atoms with Crippen molar-refractivity contribution in [3.05, 3.63) is 52.8 Å². The molecule has 0 aliphatic heterocycles. The lowest BCUT2D eigenvalue weighted by Crippen LogP contribution is -1.88. The van der Waals surface area contributed by atoms with Crippen LogP contribution >= 0.6 is 0 Å². The van der Waals surface area contributed by atoms with Crippen LogP contribution in [0.4, 0.5) is 0 Å². The molecule has 1 heterocycles. The van der Waals surface area contributed by atoms with Crippen LogP contribution in [-0.2, 0) is 6.42 Å². The largest absolute Gasteiger partial charge is 0.285 e. The average Bonchev–Trinajstić information content (AvgIpc) is 2.54. The molecule has 2 heteroatoms. The highest BCUT2D eigenvalue weighted by molar-refractivity contribution is 5.31. The van der Waals surface area contributed by atoms with Crippen molar-refractivity contribution in [2.24, 2.45) is 0 Å². The lowest BCUT2D eigenvalue weighted by molar-refractivity contribution is 1.09. The van der Waals surface area contributed by atoms with Crippen molar-refractivity contribution >= 4 is 0 Å². The number of aromatic amines is 1. The summed E-state index contributed by atoms with van der Waals surface area (Å²) in [6.07, 6.45) is 4.77. The smallest absolute Gasteiger partial charge is 0.0522 e. The van der Waals surface area contributed by atoms with E-state index in [1.54, 1.807) is 0 Å². The van der Waals surface area contributed by atoms with Crippen LogP contribution < -0.4 is 0 Å². The Bertz CT molecular complexity index is 396. The summed E-state index contributed by atoms with van der Waals surface area (Å²) in [5.74, 6) is 0. The molecule has 2 aromatic rings. The van der Waals surface area contributed by atoms with Crippen LogP contribution in [0.5, 0.6) is 0 Å². The van der Waals surface area contributed by atoms with E-state index in [1.165, 1.54) is 22.3 Å². The number of aryl methyl sites for hydroxylation is 2. The summed E-state index contributed by atoms with van der Waals surface area (Å²) >= 11 is 0. The molecule has 72 valence electrons. The molecule has 2 rings (SSSR count). The minimum atomic E-state index is 0.957. The Morgan fingerprint density at radius 1 is 1.07 bits per heavy atom. The molecule has 0 unspecified atom stereocenters. The van der Waals surface area contributed by atoms with Crippen LogP contribution in [0.1, 0.15) is 22.3 Å². The van der Waals surface area contributed by atoms with Gasteiger partial charge in [-0.15, -0.1) is 0 Å². The van der Waals surface area contributed by atoms with Crippen molar-refractivity contribution in [2.45, 2.75) is 20.3 Å². The number of H-pyrrole nitrogens is 1. The van der Waals surface area contributed by atoms with Gasteiger partial charge in [-0.25, -0.2) is 0 Å². The van der Waals surface area contributed by atoms with Crippen molar-refractivity contribution in [1.29, 1.82) is 0 Å². The molecule has 2 nitrogen and oxygen atoms in total. The first-order valence-corrected chi connectivity index (χ1v) is 4.79. The number of hydrogen-bond acceptors (Lipinski definition) is 1. The maximum atomic E-state index is 3.94. The second-order valence-electron chi connectivity index (χ2n) is 3.78. The van der Waals surface area contributed by atoms with Crippen molar-refractivity contribution in [3.63, 3.8) is 0 Å². The van der Waals surface area contributed by atoms with Crippen molar-refractivity contribution in [2.75, 3.05) is 0 Å². The first-order valence-electron chi connectivity index (χ1n) is 4.79. The molecule has 0 saturated carbocycles. The highest BCUT2D eigenvalue weighted by Gasteiger charge is 1.98. The number of benzene rings is 1. The zero-order chi connectivity index (χ0) is 9.97. The Balaban J connectivity index is 2.25. The Labute approximate surface area is 84.0 Å². The van der Waals surface area contributed by atoms with E-state index in [1.807, 2.05) is 12.4 Å². The average molecular weight is 186 g/mol. The van der Waals surface area contributed by atoms with Crippen LogP contribution in [-0.4, -0.2) is 10.2 Å². The highest BCUT2D eigenvalue weighted by atomic mass is 15.1. The normalized spacial score (nSPS) is 10.4. The Hall–Kier alpha value is -1.57. The molecule has 0 bridgehead atoms. The molecular weight excluding hydrogens is 172 g/mol. The molecule has 0 aliphatic rings. The van der Waals surface area contributed by atoms with E-state index in [0.29, 0.717) is 0 Å². The molecular formula is C12H14N2. The van der Waals surface area contributed by atoms with E-state index in [9.17, 15) is 0 Å². The fourth-order valence-corrected chi connectivity index (χ4v) is 1.78. The van der Waals surface area contributed by atoms with E-state index in [4.69, 9.17) is 0 Å². The molecule has 0 radical (unpaired) electrons. The lowest BCUT2D eigenvalue weighted by Gasteiger charge is -2.02. The van der Waals surface area contributed by atoms with Gasteiger partial charge in [0.05, 0.1) is 6.20 Å². The van der Waals surface area contributed by atoms with Gasteiger partial charge < -0.3 is 0 Å². The van der Waals surface area contributed by atoms with Gasteiger partial charge in [0.25, 0.3) is 0 Å². The Kier molecular flexibility index (Phi) is 2.35. The SMILES string of the molecule is Cc1cc(C)cc(Cc2cn[nH]c2)c1. The Morgan fingerprint density at radius 3 is 2.36 bits per heavy atom. The summed E-state index contributed by atoms with van der Waals surface area (Å²) in [7, 11) is 0. The third kappa shape index (κ3) is 2.02. The van der Waals surface area contributed by atoms with E-state index in [-0.39, 0.29) is 0 Å². The number of nitrogens with zero attached hydrogens (tertiary/aromatic N) is 1. The number of aromatic nitrogens is 2. The maximum absolute atomic E-state index is 3.94. The second kappa shape index (κ2) is 3.66. The van der Waals surface area contributed by atoms with Gasteiger partial charge >= 0.3 is 0 Å². The third-order valence-corrected chi connectivity index (χ3v) is 2.24. The summed E-state index contributed by atoms with van der Waals surface area (Å²) in [4.78, 5) is 0. The molecule has 0 fully saturated rings. The second-order valence-corrected chi connectivity index (χ2v) is 3.78. The summed E-state index contributed by atoms with van der Waals surface area (Å²) < 4.78 is 0. The quantitative estimate of drug-likeness (QED) is 0.767. The van der Waals surface area contributed by atoms with Gasteiger partial charge in [-0.2, -0.15) is 5.10 Å². The molecule has 0 spiro atoms. The van der Waals surface area contributed by atoms with Gasteiger partial charge in [0, 0.05) is 12.6 Å². The van der Waals surface area contributed by atoms with Crippen molar-refractivity contribution < 1.29 is 0 Å². The van der Waals surface area contributed by atoms with E-state index < -0.39 is 0 Å². The predicted octanol–water partition coefficient (Wildman–Crippen LogP) is 2.62. The molecule has 1 aromatic carbocycles. The third-order valence-electron chi connectivity index (χ3n) is 2.24. The molecule has 0 atom stereocenters. The topological polar surface area (TPSA) is 28.7 Å². The number of hydrogen-bond donors (Lipinski definition) is 1. The van der Waals surface area contributed by atoms with Gasteiger partial charge in [-0.05, 0) is 25.0 Å². The first kappa shape index (κ1) is 9.00. The monoisotopic (exact) mass is 186 g/mol. The minimum absolute atomic E-state index is 0.957.